The lowest BCUT2D eigenvalue weighted by Crippen LogP contribution is -2.55. The second kappa shape index (κ2) is 36.1. The van der Waals surface area contributed by atoms with E-state index >= 15 is 0 Å². The molecule has 0 bridgehead atoms. The van der Waals surface area contributed by atoms with Crippen molar-refractivity contribution in [1.29, 1.82) is 0 Å². The number of rotatable bonds is 35. The van der Waals surface area contributed by atoms with E-state index in [0.29, 0.717) is 39.1 Å². The van der Waals surface area contributed by atoms with E-state index < -0.39 is 16.3 Å². The Morgan fingerprint density at radius 1 is 0.662 bits per heavy atom. The zero-order chi connectivity index (χ0) is 48.3. The Morgan fingerprint density at radius 3 is 1.42 bits per heavy atom. The van der Waals surface area contributed by atoms with Crippen LogP contribution in [0.5, 0.6) is 0 Å². The van der Waals surface area contributed by atoms with E-state index in [0.717, 1.165) is 11.1 Å². The molecule has 65 heavy (non-hydrogen) atoms. The van der Waals surface area contributed by atoms with E-state index in [4.69, 9.17) is 34.9 Å². The van der Waals surface area contributed by atoms with E-state index in [1.54, 1.807) is 0 Å². The van der Waals surface area contributed by atoms with Crippen molar-refractivity contribution in [3.05, 3.63) is 71.8 Å². The summed E-state index contributed by atoms with van der Waals surface area (Å²) in [6.07, 6.45) is 1.23. The van der Waals surface area contributed by atoms with E-state index in [2.05, 4.69) is 26.6 Å². The minimum absolute atomic E-state index is 0.0592. The molecule has 368 valence electrons. The molecule has 2 aromatic carbocycles. The van der Waals surface area contributed by atoms with Gasteiger partial charge in [0.2, 0.25) is 17.7 Å². The molecule has 0 heterocycles. The van der Waals surface area contributed by atoms with Crippen LogP contribution in [-0.4, -0.2) is 188 Å². The first-order valence-electron chi connectivity index (χ1n) is 22.1. The van der Waals surface area contributed by atoms with Crippen molar-refractivity contribution < 1.29 is 58.2 Å². The molecule has 0 aliphatic heterocycles. The number of nitrogens with zero attached hydrogens (tertiary/aromatic N) is 3. The van der Waals surface area contributed by atoms with Gasteiger partial charge in [-0.1, -0.05) is 104 Å². The molecule has 5 amide bonds. The monoisotopic (exact) mass is 983 g/mol. The van der Waals surface area contributed by atoms with E-state index in [1.807, 2.05) is 108 Å². The normalized spacial score (nSPS) is 12.3. The third-order valence-electron chi connectivity index (χ3n) is 10.1. The molecule has 0 saturated carbocycles. The van der Waals surface area contributed by atoms with Gasteiger partial charge in [-0.15, -0.1) is 0 Å². The number of alkyl halides is 1. The maximum Gasteiger partial charge on any atom is 0.318 e. The van der Waals surface area contributed by atoms with Crippen LogP contribution in [0.4, 0.5) is 4.79 Å². The maximum atomic E-state index is 13.0. The predicted octanol–water partition coefficient (Wildman–Crippen LogP) is 1.57. The number of nitrogens with two attached hydrogens (primary N) is 1. The van der Waals surface area contributed by atoms with Gasteiger partial charge < -0.3 is 50.6 Å². The van der Waals surface area contributed by atoms with Gasteiger partial charge in [-0.25, -0.2) is 4.79 Å². The Labute approximate surface area is 392 Å². The summed E-state index contributed by atoms with van der Waals surface area (Å²) in [5, 5.41) is 35.6. The molecule has 2 atom stereocenters. The number of carbonyl (C=O) groups is 5. The third-order valence-corrected chi connectivity index (χ3v) is 11.5. The number of carbonyl (C=O) groups excluding carboxylic acids is 4. The minimum Gasteiger partial charge on any atom is -0.480 e. The summed E-state index contributed by atoms with van der Waals surface area (Å²) >= 11 is 3.26. The second-order valence-corrected chi connectivity index (χ2v) is 16.4. The number of carboxylic acids is 1. The van der Waals surface area contributed by atoms with Gasteiger partial charge >= 0.3 is 12.0 Å². The summed E-state index contributed by atoms with van der Waals surface area (Å²) in [4.78, 5) is 65.7. The topological polar surface area (TPSA) is 255 Å². The average Bonchev–Trinajstić information content (AvgIpc) is 3.29. The Hall–Kier alpha value is -4.09. The summed E-state index contributed by atoms with van der Waals surface area (Å²) in [6.45, 7) is 11.5. The number of ether oxygens (including phenoxy) is 4. The smallest absolute Gasteiger partial charge is 0.318 e. The molecule has 2 aromatic rings. The highest BCUT2D eigenvalue weighted by molar-refractivity contribution is 9.10. The Kier molecular flexibility index (Phi) is 32.7. The molecule has 0 aliphatic rings. The summed E-state index contributed by atoms with van der Waals surface area (Å²) in [6, 6.07) is 17.9. The van der Waals surface area contributed by atoms with Crippen LogP contribution in [0.15, 0.2) is 60.7 Å². The molecule has 0 saturated heterocycles. The number of hydrogen-bond donors (Lipinski definition) is 7. The van der Waals surface area contributed by atoms with E-state index in [9.17, 15) is 29.1 Å². The van der Waals surface area contributed by atoms with Crippen LogP contribution in [0.1, 0.15) is 51.7 Å². The molecule has 19 nitrogen and oxygen atoms in total. The van der Waals surface area contributed by atoms with Crippen molar-refractivity contribution in [3.63, 3.8) is 0 Å². The summed E-state index contributed by atoms with van der Waals surface area (Å²) in [5.74, 6) is -1.81. The number of urea groups is 1. The number of aliphatic hydroxyl groups excluding tert-OH is 2. The average molecular weight is 985 g/mol. The van der Waals surface area contributed by atoms with Crippen molar-refractivity contribution in [2.75, 3.05) is 112 Å². The zero-order valence-electron chi connectivity index (χ0n) is 38.6. The first kappa shape index (κ1) is 58.9. The van der Waals surface area contributed by atoms with Crippen molar-refractivity contribution >= 4 is 45.7 Å². The fraction of sp³-hybridized carbons (Fsp3) is 0.622. The summed E-state index contributed by atoms with van der Waals surface area (Å²) in [5.41, 5.74) is 6.79. The van der Waals surface area contributed by atoms with Crippen molar-refractivity contribution in [3.8, 4) is 0 Å². The van der Waals surface area contributed by atoms with Crippen molar-refractivity contribution in [1.82, 2.24) is 30.7 Å². The number of aliphatic carboxylic acids is 1. The van der Waals surface area contributed by atoms with Gasteiger partial charge in [-0.3, -0.25) is 39.2 Å². The SMILES string of the molecule is CCC(Br)(CC)C(=O)NC(N)=O.CCN(CC(=O)NCCOCCO)C(COCc1ccccc1)CN(CC(=O)O)CC(COCc1ccccc1)N(CC)CC(=O)NCCOCCO. The van der Waals surface area contributed by atoms with Crippen LogP contribution in [0.3, 0.4) is 0 Å². The quantitative estimate of drug-likeness (QED) is 0.0383. The van der Waals surface area contributed by atoms with Crippen LogP contribution in [-0.2, 0) is 51.3 Å². The summed E-state index contributed by atoms with van der Waals surface area (Å²) < 4.78 is 22.2. The second-order valence-electron chi connectivity index (χ2n) is 14.9. The predicted molar refractivity (Wildman–Crippen MR) is 250 cm³/mol. The molecular weight excluding hydrogens is 910 g/mol. The number of likely N-dealkylation sites (N-methyl/N-ethyl adjacent to an activating group) is 2. The first-order chi connectivity index (χ1) is 31.2. The number of aliphatic hydroxyl groups is 2. The number of benzene rings is 2. The van der Waals surface area contributed by atoms with Gasteiger partial charge in [0.05, 0.1) is 85.7 Å². The highest BCUT2D eigenvalue weighted by Crippen LogP contribution is 2.26. The van der Waals surface area contributed by atoms with Gasteiger partial charge in [-0.05, 0) is 37.1 Å². The number of nitrogens with one attached hydrogen (secondary N) is 3. The van der Waals surface area contributed by atoms with Gasteiger partial charge in [0, 0.05) is 38.3 Å². The lowest BCUT2D eigenvalue weighted by atomic mass is 10.0. The van der Waals surface area contributed by atoms with Gasteiger partial charge in [0.25, 0.3) is 0 Å². The Balaban J connectivity index is 0.00000153. The van der Waals surface area contributed by atoms with Crippen molar-refractivity contribution in [2.45, 2.75) is 70.2 Å². The van der Waals surface area contributed by atoms with Gasteiger partial charge in [0.15, 0.2) is 0 Å². The zero-order valence-corrected chi connectivity index (χ0v) is 40.2. The number of hydrogen-bond acceptors (Lipinski definition) is 14. The number of carboxylic acid groups (broad SMARTS) is 1. The molecule has 0 spiro atoms. The van der Waals surface area contributed by atoms with Gasteiger partial charge in [0.1, 0.15) is 4.32 Å². The van der Waals surface area contributed by atoms with E-state index in [-0.39, 0.29) is 128 Å². The highest BCUT2D eigenvalue weighted by atomic mass is 79.9. The van der Waals surface area contributed by atoms with Crippen molar-refractivity contribution in [2.24, 2.45) is 5.73 Å². The molecule has 0 aromatic heterocycles. The molecule has 0 fully saturated rings. The molecule has 20 heteroatoms. The maximum absolute atomic E-state index is 13.0. The minimum atomic E-state index is -1.01. The van der Waals surface area contributed by atoms with Gasteiger partial charge in [-0.2, -0.15) is 0 Å². The largest absolute Gasteiger partial charge is 0.480 e. The number of imide groups is 1. The Bertz CT molecular complexity index is 1510. The molecule has 0 aliphatic carbocycles. The number of primary amides is 1. The van der Waals surface area contributed by atoms with Crippen LogP contribution in [0, 0.1) is 0 Å². The number of halogens is 1. The van der Waals surface area contributed by atoms with E-state index in [1.165, 1.54) is 0 Å². The molecule has 2 unspecified atom stereocenters. The molecular formula is C45H74BrN7O12. The first-order valence-corrected chi connectivity index (χ1v) is 22.9. The molecule has 0 radical (unpaired) electrons. The van der Waals surface area contributed by atoms with Crippen LogP contribution in [0.25, 0.3) is 0 Å². The highest BCUT2D eigenvalue weighted by Gasteiger charge is 2.32. The Morgan fingerprint density at radius 2 is 1.08 bits per heavy atom. The van der Waals surface area contributed by atoms with Crippen LogP contribution >= 0.6 is 15.9 Å². The number of amides is 5. The molecule has 8 N–H and O–H groups in total. The van der Waals surface area contributed by atoms with Crippen LogP contribution < -0.4 is 21.7 Å². The lowest BCUT2D eigenvalue weighted by Gasteiger charge is -2.38. The van der Waals surface area contributed by atoms with Crippen LogP contribution in [0.2, 0.25) is 0 Å². The lowest BCUT2D eigenvalue weighted by molar-refractivity contribution is -0.139. The molecule has 2 rings (SSSR count). The standard InChI is InChI=1S/C38H61N5O10.C7H13BrN2O2/c1-3-42(25-36(46)39-15-19-50-21-17-44)34(30-52-28-32-11-7-5-8-12-32)23-41(27-38(48)49)24-35(31-53-29-33-13-9-6-10-14-33)43(4-2)26-37(47)40-16-20-51-22-18-45;1-3-7(8,4-2)5(11)10-6(9)12/h5-14,34-35,44-45H,3-4,15-31H2,1-2H3,(H,39,46)(H,40,47)(H,48,49);3-4H2,1-2H3,(H3,9,10,11,12). The fourth-order valence-electron chi connectivity index (χ4n) is 6.44. The summed E-state index contributed by atoms with van der Waals surface area (Å²) in [7, 11) is 0. The fourth-order valence-corrected chi connectivity index (χ4v) is 6.54. The third kappa shape index (κ3) is 27.2.